The fourth-order valence-electron chi connectivity index (χ4n) is 1.45. The Kier molecular flexibility index (Phi) is 4.15. The summed E-state index contributed by atoms with van der Waals surface area (Å²) in [6.07, 6.45) is 1.70. The summed E-state index contributed by atoms with van der Waals surface area (Å²) in [4.78, 5) is 10.4. The highest BCUT2D eigenvalue weighted by Gasteiger charge is 2.07. The fourth-order valence-corrected chi connectivity index (χ4v) is 1.99. The van der Waals surface area contributed by atoms with Gasteiger partial charge in [0.05, 0.1) is 10.7 Å². The third-order valence-electron chi connectivity index (χ3n) is 2.34. The summed E-state index contributed by atoms with van der Waals surface area (Å²) in [6, 6.07) is 10.3. The number of benzene rings is 1. The van der Waals surface area contributed by atoms with E-state index < -0.39 is 0 Å². The van der Waals surface area contributed by atoms with E-state index in [4.69, 9.17) is 4.74 Å². The standard InChI is InChI=1S/C13H14BrN3O/c1-17(2)12-11(14)8-15-13(16-12)18-9-10-6-4-3-5-7-10/h3-8H,9H2,1-2H3. The molecule has 2 rings (SSSR count). The smallest absolute Gasteiger partial charge is 0.318 e. The van der Waals surface area contributed by atoms with Crippen molar-refractivity contribution in [2.45, 2.75) is 6.61 Å². The highest BCUT2D eigenvalue weighted by molar-refractivity contribution is 9.10. The molecule has 0 unspecified atom stereocenters. The van der Waals surface area contributed by atoms with Gasteiger partial charge < -0.3 is 9.64 Å². The predicted molar refractivity (Wildman–Crippen MR) is 74.8 cm³/mol. The maximum Gasteiger partial charge on any atom is 0.318 e. The zero-order valence-electron chi connectivity index (χ0n) is 10.3. The summed E-state index contributed by atoms with van der Waals surface area (Å²) in [7, 11) is 3.85. The van der Waals surface area contributed by atoms with E-state index in [1.807, 2.05) is 49.3 Å². The Bertz CT molecular complexity index is 517. The first kappa shape index (κ1) is 12.8. The van der Waals surface area contributed by atoms with Gasteiger partial charge in [-0.1, -0.05) is 30.3 Å². The second-order valence-electron chi connectivity index (χ2n) is 3.99. The van der Waals surface area contributed by atoms with E-state index in [1.54, 1.807) is 6.20 Å². The molecule has 0 radical (unpaired) electrons. The number of halogens is 1. The zero-order chi connectivity index (χ0) is 13.0. The molecule has 1 heterocycles. The van der Waals surface area contributed by atoms with Crippen molar-refractivity contribution in [1.82, 2.24) is 9.97 Å². The van der Waals surface area contributed by atoms with Gasteiger partial charge in [0.25, 0.3) is 0 Å². The molecule has 0 spiro atoms. The third kappa shape index (κ3) is 3.20. The lowest BCUT2D eigenvalue weighted by molar-refractivity contribution is 0.280. The van der Waals surface area contributed by atoms with Crippen LogP contribution >= 0.6 is 15.9 Å². The Labute approximate surface area is 115 Å². The first-order valence-corrected chi connectivity index (χ1v) is 6.32. The third-order valence-corrected chi connectivity index (χ3v) is 2.90. The van der Waals surface area contributed by atoms with Crippen LogP contribution in [0.15, 0.2) is 41.0 Å². The predicted octanol–water partition coefficient (Wildman–Crippen LogP) is 2.88. The molecule has 0 saturated heterocycles. The van der Waals surface area contributed by atoms with Gasteiger partial charge in [-0.15, -0.1) is 0 Å². The maximum atomic E-state index is 5.57. The van der Waals surface area contributed by atoms with E-state index in [-0.39, 0.29) is 0 Å². The van der Waals surface area contributed by atoms with E-state index in [2.05, 4.69) is 25.9 Å². The molecule has 0 fully saturated rings. The summed E-state index contributed by atoms with van der Waals surface area (Å²) in [5.41, 5.74) is 1.09. The van der Waals surface area contributed by atoms with Crippen LogP contribution in [0.5, 0.6) is 6.01 Å². The Morgan fingerprint density at radius 1 is 1.22 bits per heavy atom. The number of ether oxygens (including phenoxy) is 1. The van der Waals surface area contributed by atoms with Gasteiger partial charge in [-0.3, -0.25) is 0 Å². The Balaban J connectivity index is 2.08. The van der Waals surface area contributed by atoms with Crippen LogP contribution in [0, 0.1) is 0 Å². The largest absolute Gasteiger partial charge is 0.459 e. The summed E-state index contributed by atoms with van der Waals surface area (Å²) in [5, 5.41) is 0. The molecule has 4 nitrogen and oxygen atoms in total. The van der Waals surface area contributed by atoms with Gasteiger partial charge in [-0.2, -0.15) is 4.98 Å². The van der Waals surface area contributed by atoms with E-state index in [0.717, 1.165) is 15.9 Å². The minimum Gasteiger partial charge on any atom is -0.459 e. The second kappa shape index (κ2) is 5.82. The van der Waals surface area contributed by atoms with E-state index in [9.17, 15) is 0 Å². The van der Waals surface area contributed by atoms with Gasteiger partial charge >= 0.3 is 6.01 Å². The number of nitrogens with zero attached hydrogens (tertiary/aromatic N) is 3. The van der Waals surface area contributed by atoms with Crippen LogP contribution in [0.4, 0.5) is 5.82 Å². The summed E-state index contributed by atoms with van der Waals surface area (Å²) < 4.78 is 6.41. The molecule has 1 aromatic heterocycles. The number of hydrogen-bond donors (Lipinski definition) is 0. The average molecular weight is 308 g/mol. The fraction of sp³-hybridized carbons (Fsp3) is 0.231. The van der Waals surface area contributed by atoms with Crippen molar-refractivity contribution < 1.29 is 4.74 Å². The first-order valence-electron chi connectivity index (χ1n) is 5.53. The van der Waals surface area contributed by atoms with Crippen molar-refractivity contribution in [2.24, 2.45) is 0 Å². The van der Waals surface area contributed by atoms with E-state index in [0.29, 0.717) is 12.6 Å². The second-order valence-corrected chi connectivity index (χ2v) is 4.85. The molecule has 0 bridgehead atoms. The Morgan fingerprint density at radius 3 is 2.61 bits per heavy atom. The topological polar surface area (TPSA) is 38.2 Å². The molecule has 2 aromatic rings. The Hall–Kier alpha value is -1.62. The summed E-state index contributed by atoms with van der Waals surface area (Å²) >= 11 is 3.40. The van der Waals surface area contributed by atoms with Crippen LogP contribution in [0.25, 0.3) is 0 Å². The first-order chi connectivity index (χ1) is 8.66. The summed E-state index contributed by atoms with van der Waals surface area (Å²) in [5.74, 6) is 0.799. The lowest BCUT2D eigenvalue weighted by atomic mass is 10.2. The minimum atomic E-state index is 0.380. The molecule has 18 heavy (non-hydrogen) atoms. The van der Waals surface area contributed by atoms with Crippen LogP contribution in [0.3, 0.4) is 0 Å². The molecule has 0 atom stereocenters. The average Bonchev–Trinajstić information content (AvgIpc) is 2.38. The molecule has 1 aromatic carbocycles. The number of anilines is 1. The van der Waals surface area contributed by atoms with Crippen molar-refractivity contribution in [2.75, 3.05) is 19.0 Å². The van der Waals surface area contributed by atoms with Crippen LogP contribution < -0.4 is 9.64 Å². The highest BCUT2D eigenvalue weighted by atomic mass is 79.9. The van der Waals surface area contributed by atoms with Crippen LogP contribution in [0.2, 0.25) is 0 Å². The molecule has 0 aliphatic rings. The number of hydrogen-bond acceptors (Lipinski definition) is 4. The van der Waals surface area contributed by atoms with Gasteiger partial charge in [0.15, 0.2) is 0 Å². The summed E-state index contributed by atoms with van der Waals surface area (Å²) in [6.45, 7) is 0.468. The van der Waals surface area contributed by atoms with Crippen molar-refractivity contribution in [3.8, 4) is 6.01 Å². The molecule has 0 aliphatic heterocycles. The lowest BCUT2D eigenvalue weighted by Crippen LogP contribution is -2.12. The molecule has 5 heteroatoms. The zero-order valence-corrected chi connectivity index (χ0v) is 11.9. The minimum absolute atomic E-state index is 0.380. The van der Waals surface area contributed by atoms with Gasteiger partial charge in [-0.25, -0.2) is 4.98 Å². The molecular formula is C13H14BrN3O. The molecular weight excluding hydrogens is 294 g/mol. The SMILES string of the molecule is CN(C)c1nc(OCc2ccccc2)ncc1Br. The molecule has 0 N–H and O–H groups in total. The quantitative estimate of drug-likeness (QED) is 0.870. The van der Waals surface area contributed by atoms with Crippen molar-refractivity contribution in [1.29, 1.82) is 0 Å². The number of rotatable bonds is 4. The van der Waals surface area contributed by atoms with E-state index in [1.165, 1.54) is 0 Å². The van der Waals surface area contributed by atoms with Gasteiger partial charge in [0, 0.05) is 14.1 Å². The van der Waals surface area contributed by atoms with Gasteiger partial charge in [0.2, 0.25) is 0 Å². The van der Waals surface area contributed by atoms with Gasteiger partial charge in [-0.05, 0) is 21.5 Å². The van der Waals surface area contributed by atoms with Crippen molar-refractivity contribution in [3.05, 3.63) is 46.6 Å². The molecule has 0 aliphatic carbocycles. The van der Waals surface area contributed by atoms with Crippen LogP contribution in [-0.4, -0.2) is 24.1 Å². The lowest BCUT2D eigenvalue weighted by Gasteiger charge is -2.13. The normalized spacial score (nSPS) is 10.2. The molecule has 0 saturated carbocycles. The number of aromatic nitrogens is 2. The van der Waals surface area contributed by atoms with Gasteiger partial charge in [0.1, 0.15) is 12.4 Å². The monoisotopic (exact) mass is 307 g/mol. The molecule has 94 valence electrons. The van der Waals surface area contributed by atoms with Crippen LogP contribution in [-0.2, 0) is 6.61 Å². The Morgan fingerprint density at radius 2 is 1.94 bits per heavy atom. The van der Waals surface area contributed by atoms with Crippen molar-refractivity contribution in [3.63, 3.8) is 0 Å². The molecule has 0 amide bonds. The highest BCUT2D eigenvalue weighted by Crippen LogP contribution is 2.23. The van der Waals surface area contributed by atoms with E-state index >= 15 is 0 Å². The van der Waals surface area contributed by atoms with Crippen molar-refractivity contribution >= 4 is 21.7 Å². The van der Waals surface area contributed by atoms with Crippen LogP contribution in [0.1, 0.15) is 5.56 Å². The maximum absolute atomic E-state index is 5.57.